The van der Waals surface area contributed by atoms with Gasteiger partial charge in [0.25, 0.3) is 5.91 Å². The first-order valence-electron chi connectivity index (χ1n) is 5.90. The van der Waals surface area contributed by atoms with Gasteiger partial charge in [0.1, 0.15) is 17.6 Å². The van der Waals surface area contributed by atoms with E-state index in [1.807, 2.05) is 6.07 Å². The highest BCUT2D eigenvalue weighted by molar-refractivity contribution is 6.06. The number of carbonyl (C=O) groups is 1. The zero-order valence-corrected chi connectivity index (χ0v) is 10.5. The van der Waals surface area contributed by atoms with Gasteiger partial charge in [0.15, 0.2) is 6.61 Å². The lowest BCUT2D eigenvalue weighted by molar-refractivity contribution is 0.102. The van der Waals surface area contributed by atoms with E-state index in [-0.39, 0.29) is 17.9 Å². The molecule has 20 heavy (non-hydrogen) atoms. The van der Waals surface area contributed by atoms with Gasteiger partial charge in [-0.05, 0) is 36.4 Å². The summed E-state index contributed by atoms with van der Waals surface area (Å²) in [6.45, 7) is -0.0242. The summed E-state index contributed by atoms with van der Waals surface area (Å²) in [6, 6.07) is 14.8. The summed E-state index contributed by atoms with van der Waals surface area (Å²) in [5.41, 5.74) is 0.778. The summed E-state index contributed by atoms with van der Waals surface area (Å²) in [4.78, 5) is 11.9. The molecule has 2 aromatic rings. The van der Waals surface area contributed by atoms with E-state index in [1.165, 1.54) is 12.1 Å². The van der Waals surface area contributed by atoms with Crippen LogP contribution in [-0.2, 0) is 0 Å². The molecular formula is C15H12N2O3. The van der Waals surface area contributed by atoms with Crippen LogP contribution in [0.2, 0.25) is 0 Å². The van der Waals surface area contributed by atoms with Crippen molar-refractivity contribution in [1.29, 1.82) is 5.26 Å². The fraction of sp³-hybridized carbons (Fsp3) is 0.0667. The van der Waals surface area contributed by atoms with E-state index >= 15 is 0 Å². The maximum atomic E-state index is 11.9. The third-order valence-corrected chi connectivity index (χ3v) is 2.56. The number of nitrogens with zero attached hydrogens (tertiary/aromatic N) is 1. The maximum absolute atomic E-state index is 11.9. The molecule has 2 N–H and O–H groups in total. The first-order valence-corrected chi connectivity index (χ1v) is 5.90. The molecule has 0 unspecified atom stereocenters. The second kappa shape index (κ2) is 6.25. The third kappa shape index (κ3) is 3.27. The Bertz CT molecular complexity index is 645. The quantitative estimate of drug-likeness (QED) is 0.892. The number of ether oxygens (including phenoxy) is 1. The fourth-order valence-corrected chi connectivity index (χ4v) is 1.61. The van der Waals surface area contributed by atoms with Crippen LogP contribution in [0.3, 0.4) is 0 Å². The molecule has 0 heterocycles. The molecule has 5 nitrogen and oxygen atoms in total. The van der Waals surface area contributed by atoms with Gasteiger partial charge in [-0.3, -0.25) is 4.79 Å². The molecule has 0 aliphatic heterocycles. The van der Waals surface area contributed by atoms with E-state index in [0.29, 0.717) is 11.4 Å². The standard InChI is InChI=1S/C15H12N2O3/c16-9-10-20-12-7-5-11(6-8-12)17-15(19)13-3-1-2-4-14(13)18/h1-8,18H,10H2,(H,17,19). The van der Waals surface area contributed by atoms with E-state index in [9.17, 15) is 9.90 Å². The van der Waals surface area contributed by atoms with E-state index in [4.69, 9.17) is 10.00 Å². The number of nitrogens with one attached hydrogen (secondary N) is 1. The zero-order chi connectivity index (χ0) is 14.4. The first kappa shape index (κ1) is 13.4. The predicted octanol–water partition coefficient (Wildman–Crippen LogP) is 2.55. The lowest BCUT2D eigenvalue weighted by Crippen LogP contribution is -2.11. The number of hydrogen-bond donors (Lipinski definition) is 2. The van der Waals surface area contributed by atoms with Gasteiger partial charge in [-0.1, -0.05) is 12.1 Å². The van der Waals surface area contributed by atoms with Gasteiger partial charge in [0.05, 0.1) is 5.56 Å². The van der Waals surface area contributed by atoms with Crippen molar-refractivity contribution in [2.75, 3.05) is 11.9 Å². The number of aromatic hydroxyl groups is 1. The molecule has 5 heteroatoms. The van der Waals surface area contributed by atoms with Crippen molar-refractivity contribution in [3.05, 3.63) is 54.1 Å². The monoisotopic (exact) mass is 268 g/mol. The molecule has 0 fully saturated rings. The molecule has 0 spiro atoms. The first-order chi connectivity index (χ1) is 9.70. The highest BCUT2D eigenvalue weighted by Crippen LogP contribution is 2.19. The van der Waals surface area contributed by atoms with Crippen molar-refractivity contribution in [2.24, 2.45) is 0 Å². The van der Waals surface area contributed by atoms with E-state index in [0.717, 1.165) is 0 Å². The van der Waals surface area contributed by atoms with Crippen LogP contribution >= 0.6 is 0 Å². The molecule has 2 rings (SSSR count). The van der Waals surface area contributed by atoms with Crippen molar-refractivity contribution in [2.45, 2.75) is 0 Å². The van der Waals surface area contributed by atoms with Crippen LogP contribution in [0.15, 0.2) is 48.5 Å². The minimum Gasteiger partial charge on any atom is -0.507 e. The van der Waals surface area contributed by atoms with Crippen molar-refractivity contribution >= 4 is 11.6 Å². The molecule has 0 aromatic heterocycles. The Morgan fingerprint density at radius 1 is 1.20 bits per heavy atom. The number of anilines is 1. The number of phenols is 1. The lowest BCUT2D eigenvalue weighted by Gasteiger charge is -2.07. The minimum atomic E-state index is -0.395. The van der Waals surface area contributed by atoms with Crippen LogP contribution in [-0.4, -0.2) is 17.6 Å². The van der Waals surface area contributed by atoms with Crippen LogP contribution in [0.5, 0.6) is 11.5 Å². The van der Waals surface area contributed by atoms with Gasteiger partial charge < -0.3 is 15.2 Å². The van der Waals surface area contributed by atoms with Crippen molar-refractivity contribution in [3.63, 3.8) is 0 Å². The van der Waals surface area contributed by atoms with Gasteiger partial charge in [0.2, 0.25) is 0 Å². The number of amides is 1. The largest absolute Gasteiger partial charge is 0.507 e. The molecular weight excluding hydrogens is 256 g/mol. The van der Waals surface area contributed by atoms with Crippen LogP contribution in [0.4, 0.5) is 5.69 Å². The van der Waals surface area contributed by atoms with Gasteiger partial charge >= 0.3 is 0 Å². The Balaban J connectivity index is 2.05. The fourth-order valence-electron chi connectivity index (χ4n) is 1.61. The Morgan fingerprint density at radius 3 is 2.55 bits per heavy atom. The maximum Gasteiger partial charge on any atom is 0.259 e. The topological polar surface area (TPSA) is 82.3 Å². The Labute approximate surface area is 116 Å². The molecule has 100 valence electrons. The average Bonchev–Trinajstić information content (AvgIpc) is 2.47. The molecule has 0 aliphatic rings. The molecule has 0 radical (unpaired) electrons. The van der Waals surface area contributed by atoms with E-state index in [1.54, 1.807) is 36.4 Å². The molecule has 0 atom stereocenters. The van der Waals surface area contributed by atoms with Gasteiger partial charge in [-0.25, -0.2) is 0 Å². The Morgan fingerprint density at radius 2 is 1.90 bits per heavy atom. The van der Waals surface area contributed by atoms with Gasteiger partial charge in [-0.2, -0.15) is 5.26 Å². The van der Waals surface area contributed by atoms with Crippen LogP contribution in [0, 0.1) is 11.3 Å². The van der Waals surface area contributed by atoms with Crippen LogP contribution in [0.1, 0.15) is 10.4 Å². The summed E-state index contributed by atoms with van der Waals surface area (Å²) in [5.74, 6) is 0.0832. The van der Waals surface area contributed by atoms with Crippen LogP contribution in [0.25, 0.3) is 0 Å². The van der Waals surface area contributed by atoms with Gasteiger partial charge in [-0.15, -0.1) is 0 Å². The molecule has 0 saturated carbocycles. The number of hydrogen-bond acceptors (Lipinski definition) is 4. The van der Waals surface area contributed by atoms with Crippen LogP contribution < -0.4 is 10.1 Å². The third-order valence-electron chi connectivity index (χ3n) is 2.56. The summed E-state index contributed by atoms with van der Waals surface area (Å²) >= 11 is 0. The highest BCUT2D eigenvalue weighted by atomic mass is 16.5. The molecule has 0 saturated heterocycles. The number of phenolic OH excluding ortho intramolecular Hbond substituents is 1. The Hall–Kier alpha value is -3.00. The molecule has 1 amide bonds. The minimum absolute atomic E-state index is 0.0242. The second-order valence-electron chi connectivity index (χ2n) is 3.94. The summed E-state index contributed by atoms with van der Waals surface area (Å²) < 4.78 is 5.11. The highest BCUT2D eigenvalue weighted by Gasteiger charge is 2.10. The smallest absolute Gasteiger partial charge is 0.259 e. The Kier molecular flexibility index (Phi) is 4.20. The summed E-state index contributed by atoms with van der Waals surface area (Å²) in [5, 5.41) is 20.6. The number of nitriles is 1. The SMILES string of the molecule is N#CCOc1ccc(NC(=O)c2ccccc2O)cc1. The summed E-state index contributed by atoms with van der Waals surface area (Å²) in [6.07, 6.45) is 0. The number of benzene rings is 2. The second-order valence-corrected chi connectivity index (χ2v) is 3.94. The number of carbonyl (C=O) groups excluding carboxylic acids is 1. The number of rotatable bonds is 4. The van der Waals surface area contributed by atoms with Crippen molar-refractivity contribution < 1.29 is 14.6 Å². The lowest BCUT2D eigenvalue weighted by atomic mass is 10.2. The van der Waals surface area contributed by atoms with E-state index < -0.39 is 5.91 Å². The van der Waals surface area contributed by atoms with E-state index in [2.05, 4.69) is 5.32 Å². The molecule has 0 bridgehead atoms. The predicted molar refractivity (Wildman–Crippen MR) is 73.6 cm³/mol. The average molecular weight is 268 g/mol. The molecule has 2 aromatic carbocycles. The van der Waals surface area contributed by atoms with Crippen molar-refractivity contribution in [1.82, 2.24) is 0 Å². The number of para-hydroxylation sites is 1. The van der Waals surface area contributed by atoms with Gasteiger partial charge in [0, 0.05) is 5.69 Å². The van der Waals surface area contributed by atoms with Crippen molar-refractivity contribution in [3.8, 4) is 17.6 Å². The normalized spacial score (nSPS) is 9.55. The molecule has 0 aliphatic carbocycles. The zero-order valence-electron chi connectivity index (χ0n) is 10.5. The summed E-state index contributed by atoms with van der Waals surface area (Å²) in [7, 11) is 0.